The number of halogens is 1. The second kappa shape index (κ2) is 5.80. The Morgan fingerprint density at radius 2 is 2.39 bits per heavy atom. The van der Waals surface area contributed by atoms with E-state index < -0.39 is 0 Å². The summed E-state index contributed by atoms with van der Waals surface area (Å²) in [4.78, 5) is 20.6. The Hall–Kier alpha value is -0.940. The third-order valence-electron chi connectivity index (χ3n) is 3.19. The van der Waals surface area contributed by atoms with Crippen LogP contribution in [0.25, 0.3) is 0 Å². The maximum Gasteiger partial charge on any atom is 0.254 e. The molecule has 18 heavy (non-hydrogen) atoms. The number of carbonyl (C=O) groups excluding carboxylic acids is 1. The van der Waals surface area contributed by atoms with Crippen LogP contribution in [0.15, 0.2) is 22.9 Å². The van der Waals surface area contributed by atoms with E-state index >= 15 is 0 Å². The summed E-state index contributed by atoms with van der Waals surface area (Å²) in [5.74, 6) is 0.113. The van der Waals surface area contributed by atoms with Gasteiger partial charge in [-0.2, -0.15) is 0 Å². The number of nitrogens with zero attached hydrogens (tertiary/aromatic N) is 3. The van der Waals surface area contributed by atoms with Gasteiger partial charge in [0.1, 0.15) is 4.60 Å². The molecule has 98 valence electrons. The summed E-state index contributed by atoms with van der Waals surface area (Å²) in [6.45, 7) is 1.79. The SMILES string of the molecule is CN(C)CC1CCCN1C(=O)c1ccnc(Br)c1. The number of likely N-dealkylation sites (N-methyl/N-ethyl adjacent to an activating group) is 1. The molecule has 2 heterocycles. The topological polar surface area (TPSA) is 36.4 Å². The van der Waals surface area contributed by atoms with Gasteiger partial charge >= 0.3 is 0 Å². The smallest absolute Gasteiger partial charge is 0.254 e. The van der Waals surface area contributed by atoms with Crippen LogP contribution in [-0.2, 0) is 0 Å². The highest BCUT2D eigenvalue weighted by atomic mass is 79.9. The minimum atomic E-state index is 0.113. The molecular weight excluding hydrogens is 294 g/mol. The van der Waals surface area contributed by atoms with E-state index in [2.05, 4.69) is 25.8 Å². The van der Waals surface area contributed by atoms with Crippen LogP contribution in [0, 0.1) is 0 Å². The molecule has 1 amide bonds. The highest BCUT2D eigenvalue weighted by Crippen LogP contribution is 2.21. The zero-order chi connectivity index (χ0) is 13.1. The van der Waals surface area contributed by atoms with Gasteiger partial charge in [0, 0.05) is 30.9 Å². The zero-order valence-corrected chi connectivity index (χ0v) is 12.4. The number of likely N-dealkylation sites (tertiary alicyclic amines) is 1. The normalized spacial score (nSPS) is 19.6. The molecule has 1 aromatic heterocycles. The average Bonchev–Trinajstić information content (AvgIpc) is 2.75. The zero-order valence-electron chi connectivity index (χ0n) is 10.8. The van der Waals surface area contributed by atoms with Crippen molar-refractivity contribution in [2.75, 3.05) is 27.2 Å². The molecule has 5 heteroatoms. The Morgan fingerprint density at radius 3 is 3.06 bits per heavy atom. The van der Waals surface area contributed by atoms with Crippen molar-refractivity contribution in [3.63, 3.8) is 0 Å². The standard InChI is InChI=1S/C13H18BrN3O/c1-16(2)9-11-4-3-7-17(11)13(18)10-5-6-15-12(14)8-10/h5-6,8,11H,3-4,7,9H2,1-2H3. The molecule has 1 aliphatic rings. The van der Waals surface area contributed by atoms with Gasteiger partial charge in [-0.15, -0.1) is 0 Å². The van der Waals surface area contributed by atoms with Gasteiger partial charge in [0.15, 0.2) is 0 Å². The molecule has 1 fully saturated rings. The highest BCUT2D eigenvalue weighted by Gasteiger charge is 2.29. The predicted molar refractivity (Wildman–Crippen MR) is 74.5 cm³/mol. The molecule has 0 radical (unpaired) electrons. The molecule has 1 unspecified atom stereocenters. The minimum absolute atomic E-state index is 0.113. The van der Waals surface area contributed by atoms with E-state index in [-0.39, 0.29) is 5.91 Å². The summed E-state index contributed by atoms with van der Waals surface area (Å²) in [5, 5.41) is 0. The number of hydrogen-bond acceptors (Lipinski definition) is 3. The van der Waals surface area contributed by atoms with E-state index in [1.54, 1.807) is 18.3 Å². The Balaban J connectivity index is 2.12. The summed E-state index contributed by atoms with van der Waals surface area (Å²) >= 11 is 3.30. The molecule has 1 aromatic rings. The number of amides is 1. The summed E-state index contributed by atoms with van der Waals surface area (Å²) in [7, 11) is 4.09. The van der Waals surface area contributed by atoms with Crippen LogP contribution < -0.4 is 0 Å². The first-order valence-electron chi connectivity index (χ1n) is 6.15. The fourth-order valence-electron chi connectivity index (χ4n) is 2.42. The molecule has 1 saturated heterocycles. The van der Waals surface area contributed by atoms with Crippen LogP contribution >= 0.6 is 15.9 Å². The van der Waals surface area contributed by atoms with Gasteiger partial charge in [-0.3, -0.25) is 4.79 Å². The van der Waals surface area contributed by atoms with Crippen molar-refractivity contribution in [1.82, 2.24) is 14.8 Å². The lowest BCUT2D eigenvalue weighted by Gasteiger charge is -2.27. The monoisotopic (exact) mass is 311 g/mol. The molecule has 0 saturated carbocycles. The fourth-order valence-corrected chi connectivity index (χ4v) is 2.78. The summed E-state index contributed by atoms with van der Waals surface area (Å²) < 4.78 is 0.705. The first-order chi connectivity index (χ1) is 8.58. The molecule has 2 rings (SSSR count). The molecule has 0 bridgehead atoms. The molecule has 4 nitrogen and oxygen atoms in total. The maximum atomic E-state index is 12.4. The molecular formula is C13H18BrN3O. The van der Waals surface area contributed by atoms with Crippen LogP contribution in [0.5, 0.6) is 0 Å². The van der Waals surface area contributed by atoms with Gasteiger partial charge in [-0.1, -0.05) is 0 Å². The van der Waals surface area contributed by atoms with Gasteiger partial charge in [0.25, 0.3) is 5.91 Å². The van der Waals surface area contributed by atoms with Gasteiger partial charge in [0.05, 0.1) is 0 Å². The highest BCUT2D eigenvalue weighted by molar-refractivity contribution is 9.10. The molecule has 1 aliphatic heterocycles. The van der Waals surface area contributed by atoms with Gasteiger partial charge < -0.3 is 9.80 Å². The van der Waals surface area contributed by atoms with E-state index in [4.69, 9.17) is 0 Å². The third-order valence-corrected chi connectivity index (χ3v) is 3.62. The lowest BCUT2D eigenvalue weighted by molar-refractivity contribution is 0.0716. The van der Waals surface area contributed by atoms with Crippen LogP contribution in [0.4, 0.5) is 0 Å². The number of rotatable bonds is 3. The van der Waals surface area contributed by atoms with Crippen molar-refractivity contribution >= 4 is 21.8 Å². The van der Waals surface area contributed by atoms with Crippen molar-refractivity contribution in [1.29, 1.82) is 0 Å². The van der Waals surface area contributed by atoms with Gasteiger partial charge in [-0.25, -0.2) is 4.98 Å². The largest absolute Gasteiger partial charge is 0.334 e. The molecule has 0 aliphatic carbocycles. The number of pyridine rings is 1. The van der Waals surface area contributed by atoms with E-state index in [1.807, 2.05) is 19.0 Å². The summed E-state index contributed by atoms with van der Waals surface area (Å²) in [6, 6.07) is 3.89. The number of carbonyl (C=O) groups is 1. The Bertz CT molecular complexity index is 436. The molecule has 0 spiro atoms. The number of aromatic nitrogens is 1. The second-order valence-corrected chi connectivity index (χ2v) is 5.74. The van der Waals surface area contributed by atoms with E-state index in [0.717, 1.165) is 25.9 Å². The van der Waals surface area contributed by atoms with Crippen molar-refractivity contribution < 1.29 is 4.79 Å². The van der Waals surface area contributed by atoms with Gasteiger partial charge in [-0.05, 0) is 55.0 Å². The van der Waals surface area contributed by atoms with E-state index in [1.165, 1.54) is 0 Å². The molecule has 0 aromatic carbocycles. The lowest BCUT2D eigenvalue weighted by Crippen LogP contribution is -2.41. The van der Waals surface area contributed by atoms with Crippen molar-refractivity contribution in [3.8, 4) is 0 Å². The predicted octanol–water partition coefficient (Wildman–Crippen LogP) is 2.01. The van der Waals surface area contributed by atoms with Gasteiger partial charge in [0.2, 0.25) is 0 Å². The minimum Gasteiger partial charge on any atom is -0.334 e. The van der Waals surface area contributed by atoms with Crippen LogP contribution in [-0.4, -0.2) is 53.9 Å². The fraction of sp³-hybridized carbons (Fsp3) is 0.538. The van der Waals surface area contributed by atoms with E-state index in [0.29, 0.717) is 16.2 Å². The first kappa shape index (κ1) is 13.5. The molecule has 1 atom stereocenters. The number of hydrogen-bond donors (Lipinski definition) is 0. The van der Waals surface area contributed by atoms with Crippen LogP contribution in [0.3, 0.4) is 0 Å². The molecule has 0 N–H and O–H groups in total. The second-order valence-electron chi connectivity index (χ2n) is 4.92. The lowest BCUT2D eigenvalue weighted by atomic mass is 10.2. The average molecular weight is 312 g/mol. The van der Waals surface area contributed by atoms with Crippen LogP contribution in [0.1, 0.15) is 23.2 Å². The quantitative estimate of drug-likeness (QED) is 0.801. The van der Waals surface area contributed by atoms with Crippen molar-refractivity contribution in [2.24, 2.45) is 0 Å². The van der Waals surface area contributed by atoms with Crippen molar-refractivity contribution in [3.05, 3.63) is 28.5 Å². The maximum absolute atomic E-state index is 12.4. The summed E-state index contributed by atoms with van der Waals surface area (Å²) in [6.07, 6.45) is 3.85. The Labute approximate surface area is 116 Å². The summed E-state index contributed by atoms with van der Waals surface area (Å²) in [5.41, 5.74) is 0.711. The third kappa shape index (κ3) is 3.09. The van der Waals surface area contributed by atoms with Crippen molar-refractivity contribution in [2.45, 2.75) is 18.9 Å². The Morgan fingerprint density at radius 1 is 1.61 bits per heavy atom. The van der Waals surface area contributed by atoms with Crippen LogP contribution in [0.2, 0.25) is 0 Å². The Kier molecular flexibility index (Phi) is 4.35. The van der Waals surface area contributed by atoms with E-state index in [9.17, 15) is 4.79 Å². The first-order valence-corrected chi connectivity index (χ1v) is 6.94.